The van der Waals surface area contributed by atoms with Crippen molar-refractivity contribution in [3.63, 3.8) is 0 Å². The molecule has 0 saturated heterocycles. The van der Waals surface area contributed by atoms with E-state index in [-0.39, 0.29) is 0 Å². The van der Waals surface area contributed by atoms with Crippen LogP contribution in [-0.2, 0) is 6.54 Å². The van der Waals surface area contributed by atoms with Crippen molar-refractivity contribution in [1.82, 2.24) is 25.4 Å². The van der Waals surface area contributed by atoms with E-state index in [1.165, 1.54) is 19.2 Å². The molecule has 0 unspecified atom stereocenters. The van der Waals surface area contributed by atoms with Gasteiger partial charge in [-0.1, -0.05) is 30.7 Å². The Labute approximate surface area is 156 Å². The highest BCUT2D eigenvalue weighted by Gasteiger charge is 2.06. The molecule has 0 bridgehead atoms. The van der Waals surface area contributed by atoms with Crippen molar-refractivity contribution < 1.29 is 0 Å². The van der Waals surface area contributed by atoms with Crippen LogP contribution in [0.15, 0.2) is 48.2 Å². The lowest BCUT2D eigenvalue weighted by atomic mass is 10.1. The molecule has 0 aliphatic carbocycles. The maximum absolute atomic E-state index is 4.79. The molecule has 2 N–H and O–H groups in total. The lowest BCUT2D eigenvalue weighted by molar-refractivity contribution is 0.455. The third-order valence-electron chi connectivity index (χ3n) is 4.13. The van der Waals surface area contributed by atoms with Crippen molar-refractivity contribution in [2.45, 2.75) is 39.2 Å². The minimum absolute atomic E-state index is 0.630. The molecule has 0 fully saturated rings. The van der Waals surface area contributed by atoms with Crippen LogP contribution in [0.5, 0.6) is 0 Å². The van der Waals surface area contributed by atoms with Gasteiger partial charge in [0.05, 0.1) is 6.54 Å². The minimum Gasteiger partial charge on any atom is -0.357 e. The standard InChI is InChI=1S/C20H30N6/c1-4-6-7-8-9-13-26(3)20(21-5-2)22-15-17-11-10-12-18(14-17)19-23-16-24-25-19/h4,10-12,14,16H,1,5-9,13,15H2,2-3H3,(H,21,22)(H,23,24,25). The molecule has 1 aromatic heterocycles. The van der Waals surface area contributed by atoms with Gasteiger partial charge < -0.3 is 10.2 Å². The summed E-state index contributed by atoms with van der Waals surface area (Å²) in [5, 5.41) is 10.2. The molecule has 6 nitrogen and oxygen atoms in total. The molecule has 140 valence electrons. The quantitative estimate of drug-likeness (QED) is 0.296. The first-order valence-electron chi connectivity index (χ1n) is 9.29. The summed E-state index contributed by atoms with van der Waals surface area (Å²) in [6.45, 7) is 8.36. The molecule has 0 saturated carbocycles. The van der Waals surface area contributed by atoms with Gasteiger partial charge in [-0.3, -0.25) is 5.10 Å². The Morgan fingerprint density at radius 3 is 2.96 bits per heavy atom. The average molecular weight is 355 g/mol. The van der Waals surface area contributed by atoms with E-state index in [4.69, 9.17) is 4.99 Å². The van der Waals surface area contributed by atoms with Gasteiger partial charge in [0, 0.05) is 25.7 Å². The second-order valence-electron chi connectivity index (χ2n) is 6.26. The molecule has 6 heteroatoms. The number of hydrogen-bond donors (Lipinski definition) is 2. The zero-order chi connectivity index (χ0) is 18.6. The highest BCUT2D eigenvalue weighted by molar-refractivity contribution is 5.79. The number of nitrogens with zero attached hydrogens (tertiary/aromatic N) is 4. The van der Waals surface area contributed by atoms with Crippen molar-refractivity contribution in [1.29, 1.82) is 0 Å². The normalized spacial score (nSPS) is 11.4. The van der Waals surface area contributed by atoms with E-state index in [0.29, 0.717) is 6.54 Å². The second-order valence-corrected chi connectivity index (χ2v) is 6.26. The smallest absolute Gasteiger partial charge is 0.193 e. The summed E-state index contributed by atoms with van der Waals surface area (Å²) in [4.78, 5) is 11.2. The minimum atomic E-state index is 0.630. The number of rotatable bonds is 10. The summed E-state index contributed by atoms with van der Waals surface area (Å²) in [6, 6.07) is 8.23. The third-order valence-corrected chi connectivity index (χ3v) is 4.13. The Hall–Kier alpha value is -2.63. The lowest BCUT2D eigenvalue weighted by Crippen LogP contribution is -2.39. The lowest BCUT2D eigenvalue weighted by Gasteiger charge is -2.22. The van der Waals surface area contributed by atoms with E-state index in [1.807, 2.05) is 18.2 Å². The van der Waals surface area contributed by atoms with Crippen molar-refractivity contribution in [2.75, 3.05) is 20.1 Å². The van der Waals surface area contributed by atoms with Crippen LogP contribution in [0.3, 0.4) is 0 Å². The maximum Gasteiger partial charge on any atom is 0.193 e. The molecule has 0 radical (unpaired) electrons. The van der Waals surface area contributed by atoms with Gasteiger partial charge in [-0.15, -0.1) is 6.58 Å². The molecule has 0 spiro atoms. The van der Waals surface area contributed by atoms with E-state index >= 15 is 0 Å². The van der Waals surface area contributed by atoms with E-state index in [2.05, 4.69) is 58.1 Å². The molecule has 26 heavy (non-hydrogen) atoms. The van der Waals surface area contributed by atoms with Gasteiger partial charge >= 0.3 is 0 Å². The molecule has 1 aromatic carbocycles. The van der Waals surface area contributed by atoms with Crippen LogP contribution in [0.1, 0.15) is 38.2 Å². The second kappa shape index (κ2) is 11.1. The van der Waals surface area contributed by atoms with Crippen molar-refractivity contribution in [2.24, 2.45) is 4.99 Å². The first-order valence-corrected chi connectivity index (χ1v) is 9.29. The maximum atomic E-state index is 4.79. The van der Waals surface area contributed by atoms with Gasteiger partial charge in [0.2, 0.25) is 0 Å². The number of guanidine groups is 1. The first kappa shape index (κ1) is 19.7. The van der Waals surface area contributed by atoms with Gasteiger partial charge in [0.25, 0.3) is 0 Å². The first-order chi connectivity index (χ1) is 12.7. The molecule has 0 aliphatic heterocycles. The van der Waals surface area contributed by atoms with Crippen molar-refractivity contribution in [3.8, 4) is 11.4 Å². The molecule has 2 aromatic rings. The average Bonchev–Trinajstić information content (AvgIpc) is 3.20. The zero-order valence-electron chi connectivity index (χ0n) is 15.9. The SMILES string of the molecule is C=CCCCCCN(C)C(=NCc1cccc(-c2ncn[nH]2)c1)NCC. The van der Waals surface area contributed by atoms with E-state index < -0.39 is 0 Å². The fourth-order valence-electron chi connectivity index (χ4n) is 2.72. The van der Waals surface area contributed by atoms with E-state index in [1.54, 1.807) is 0 Å². The van der Waals surface area contributed by atoms with Gasteiger partial charge in [-0.2, -0.15) is 5.10 Å². The monoisotopic (exact) mass is 354 g/mol. The highest BCUT2D eigenvalue weighted by Crippen LogP contribution is 2.16. The Balaban J connectivity index is 1.95. The van der Waals surface area contributed by atoms with Crippen LogP contribution in [0.2, 0.25) is 0 Å². The van der Waals surface area contributed by atoms with E-state index in [0.717, 1.165) is 48.8 Å². The fraction of sp³-hybridized carbons (Fsp3) is 0.450. The Morgan fingerprint density at radius 2 is 2.23 bits per heavy atom. The van der Waals surface area contributed by atoms with Crippen LogP contribution >= 0.6 is 0 Å². The van der Waals surface area contributed by atoms with Crippen molar-refractivity contribution >= 4 is 5.96 Å². The van der Waals surface area contributed by atoms with Crippen LogP contribution in [-0.4, -0.2) is 46.2 Å². The zero-order valence-corrected chi connectivity index (χ0v) is 15.9. The number of benzene rings is 1. The molecule has 0 aliphatic rings. The number of aromatic nitrogens is 3. The fourth-order valence-corrected chi connectivity index (χ4v) is 2.72. The van der Waals surface area contributed by atoms with Crippen LogP contribution in [0.4, 0.5) is 0 Å². The molecule has 2 rings (SSSR count). The molecule has 0 atom stereocenters. The number of hydrogen-bond acceptors (Lipinski definition) is 3. The number of aliphatic imine (C=N–C) groups is 1. The summed E-state index contributed by atoms with van der Waals surface area (Å²) in [5.74, 6) is 1.72. The predicted molar refractivity (Wildman–Crippen MR) is 108 cm³/mol. The Morgan fingerprint density at radius 1 is 1.35 bits per heavy atom. The summed E-state index contributed by atoms with van der Waals surface area (Å²) in [6.07, 6.45) is 8.19. The van der Waals surface area contributed by atoms with Crippen molar-refractivity contribution in [3.05, 3.63) is 48.8 Å². The number of H-pyrrole nitrogens is 1. The predicted octanol–water partition coefficient (Wildman–Crippen LogP) is 3.62. The summed E-state index contributed by atoms with van der Waals surface area (Å²) in [7, 11) is 2.10. The van der Waals surface area contributed by atoms with Crippen LogP contribution in [0.25, 0.3) is 11.4 Å². The molecular formula is C20H30N6. The topological polar surface area (TPSA) is 69.2 Å². The summed E-state index contributed by atoms with van der Waals surface area (Å²) in [5.41, 5.74) is 2.17. The van der Waals surface area contributed by atoms with Gasteiger partial charge in [0.1, 0.15) is 6.33 Å². The van der Waals surface area contributed by atoms with Gasteiger partial charge in [-0.25, -0.2) is 9.98 Å². The molecule has 1 heterocycles. The number of aromatic amines is 1. The Bertz CT molecular complexity index is 677. The van der Waals surface area contributed by atoms with E-state index in [9.17, 15) is 0 Å². The van der Waals surface area contributed by atoms with Gasteiger partial charge in [0.15, 0.2) is 11.8 Å². The molecule has 0 amide bonds. The summed E-state index contributed by atoms with van der Waals surface area (Å²) < 4.78 is 0. The number of unbranched alkanes of at least 4 members (excludes halogenated alkanes) is 3. The van der Waals surface area contributed by atoms with Gasteiger partial charge in [-0.05, 0) is 37.8 Å². The third kappa shape index (κ3) is 6.35. The number of nitrogens with one attached hydrogen (secondary N) is 2. The Kier molecular flexibility index (Phi) is 8.39. The largest absolute Gasteiger partial charge is 0.357 e. The number of allylic oxidation sites excluding steroid dienone is 1. The summed E-state index contributed by atoms with van der Waals surface area (Å²) >= 11 is 0. The molecular weight excluding hydrogens is 324 g/mol. The van der Waals surface area contributed by atoms with Crippen LogP contribution in [0, 0.1) is 0 Å². The highest BCUT2D eigenvalue weighted by atomic mass is 15.3. The van der Waals surface area contributed by atoms with Crippen LogP contribution < -0.4 is 5.32 Å².